The average Bonchev–Trinajstić information content (AvgIpc) is 3.21. The highest BCUT2D eigenvalue weighted by Gasteiger charge is 2.11. The number of thiazole rings is 1. The number of amides is 1. The molecule has 30 heavy (non-hydrogen) atoms. The minimum absolute atomic E-state index is 0.138. The molecule has 2 aromatic heterocycles. The van der Waals surface area contributed by atoms with Crippen LogP contribution in [-0.2, 0) is 11.2 Å². The van der Waals surface area contributed by atoms with Gasteiger partial charge in [0.25, 0.3) is 0 Å². The van der Waals surface area contributed by atoms with Crippen molar-refractivity contribution in [2.45, 2.75) is 6.42 Å². The Kier molecular flexibility index (Phi) is 6.19. The largest absolute Gasteiger partial charge is 0.326 e. The van der Waals surface area contributed by atoms with E-state index in [1.54, 1.807) is 6.20 Å². The summed E-state index contributed by atoms with van der Waals surface area (Å²) in [5.74, 6) is 5.94. The van der Waals surface area contributed by atoms with E-state index in [-0.39, 0.29) is 12.3 Å². The van der Waals surface area contributed by atoms with Gasteiger partial charge in [0, 0.05) is 28.4 Å². The lowest BCUT2D eigenvalue weighted by Gasteiger charge is -2.04. The van der Waals surface area contributed by atoms with Crippen molar-refractivity contribution in [1.29, 1.82) is 0 Å². The van der Waals surface area contributed by atoms with Gasteiger partial charge in [0.15, 0.2) is 0 Å². The Labute approximate surface area is 183 Å². The summed E-state index contributed by atoms with van der Waals surface area (Å²) in [7, 11) is 0. The molecule has 0 aliphatic heterocycles. The molecule has 0 unspecified atom stereocenters. The molecule has 4 aromatic rings. The summed E-state index contributed by atoms with van der Waals surface area (Å²) in [4.78, 5) is 21.2. The van der Waals surface area contributed by atoms with E-state index in [4.69, 9.17) is 11.6 Å². The zero-order valence-electron chi connectivity index (χ0n) is 15.8. The van der Waals surface area contributed by atoms with E-state index in [2.05, 4.69) is 27.1 Å². The smallest absolute Gasteiger partial charge is 0.230 e. The zero-order valence-corrected chi connectivity index (χ0v) is 17.4. The molecule has 0 fully saturated rings. The van der Waals surface area contributed by atoms with E-state index in [1.807, 2.05) is 72.1 Å². The number of nitrogens with zero attached hydrogens (tertiary/aromatic N) is 2. The molecule has 4 rings (SSSR count). The molecule has 0 aliphatic carbocycles. The number of carbonyl (C=O) groups excluding carboxylic acids is 1. The van der Waals surface area contributed by atoms with Crippen LogP contribution in [0.5, 0.6) is 0 Å². The zero-order chi connectivity index (χ0) is 20.8. The SMILES string of the molecule is O=C(Cc1csc(-c2ccccc2Cl)n1)Nc1cccc(C#Cc2ccccn2)c1. The molecule has 0 aliphatic rings. The van der Waals surface area contributed by atoms with E-state index >= 15 is 0 Å². The summed E-state index contributed by atoms with van der Waals surface area (Å²) >= 11 is 7.71. The topological polar surface area (TPSA) is 54.9 Å². The number of anilines is 1. The predicted octanol–water partition coefficient (Wildman–Crippen LogP) is 5.44. The van der Waals surface area contributed by atoms with Crippen LogP contribution in [0.2, 0.25) is 5.02 Å². The second kappa shape index (κ2) is 9.36. The van der Waals surface area contributed by atoms with Crippen molar-refractivity contribution >= 4 is 34.5 Å². The first-order chi connectivity index (χ1) is 14.7. The van der Waals surface area contributed by atoms with Crippen molar-refractivity contribution in [2.75, 3.05) is 5.32 Å². The van der Waals surface area contributed by atoms with Crippen LogP contribution in [0.1, 0.15) is 17.0 Å². The van der Waals surface area contributed by atoms with Crippen LogP contribution >= 0.6 is 22.9 Å². The van der Waals surface area contributed by atoms with Crippen molar-refractivity contribution in [2.24, 2.45) is 0 Å². The fourth-order valence-electron chi connectivity index (χ4n) is 2.76. The maximum atomic E-state index is 12.5. The number of rotatable bonds is 4. The van der Waals surface area contributed by atoms with Crippen LogP contribution < -0.4 is 5.32 Å². The monoisotopic (exact) mass is 429 g/mol. The van der Waals surface area contributed by atoms with Gasteiger partial charge in [-0.1, -0.05) is 47.9 Å². The Morgan fingerprint density at radius 3 is 2.73 bits per heavy atom. The first kappa shape index (κ1) is 19.8. The number of aromatic nitrogens is 2. The highest BCUT2D eigenvalue weighted by atomic mass is 35.5. The molecule has 0 atom stereocenters. The van der Waals surface area contributed by atoms with Gasteiger partial charge in [-0.2, -0.15) is 0 Å². The molecule has 0 radical (unpaired) electrons. The third-order valence-electron chi connectivity index (χ3n) is 4.14. The molecule has 0 saturated heterocycles. The highest BCUT2D eigenvalue weighted by molar-refractivity contribution is 7.13. The number of hydrogen-bond donors (Lipinski definition) is 1. The van der Waals surface area contributed by atoms with Gasteiger partial charge in [0.2, 0.25) is 5.91 Å². The maximum Gasteiger partial charge on any atom is 0.230 e. The molecule has 4 nitrogen and oxygen atoms in total. The molecule has 2 heterocycles. The Hall–Kier alpha value is -3.46. The average molecular weight is 430 g/mol. The Morgan fingerprint density at radius 1 is 1.03 bits per heavy atom. The fraction of sp³-hybridized carbons (Fsp3) is 0.0417. The lowest BCUT2D eigenvalue weighted by Crippen LogP contribution is -2.14. The lowest BCUT2D eigenvalue weighted by molar-refractivity contribution is -0.115. The van der Waals surface area contributed by atoms with Crippen LogP contribution in [0.25, 0.3) is 10.6 Å². The molecule has 1 amide bonds. The van der Waals surface area contributed by atoms with Crippen LogP contribution in [-0.4, -0.2) is 15.9 Å². The summed E-state index contributed by atoms with van der Waals surface area (Å²) in [6, 6.07) is 20.6. The number of carbonyl (C=O) groups is 1. The first-order valence-electron chi connectivity index (χ1n) is 9.20. The molecule has 0 bridgehead atoms. The van der Waals surface area contributed by atoms with Crippen molar-refractivity contribution in [1.82, 2.24) is 9.97 Å². The van der Waals surface area contributed by atoms with Crippen LogP contribution in [0.3, 0.4) is 0 Å². The van der Waals surface area contributed by atoms with E-state index in [9.17, 15) is 4.79 Å². The van der Waals surface area contributed by atoms with Crippen molar-refractivity contribution in [3.8, 4) is 22.4 Å². The molecule has 1 N–H and O–H groups in total. The molecule has 0 saturated carbocycles. The summed E-state index contributed by atoms with van der Waals surface area (Å²) in [5, 5.41) is 6.23. The molecule has 2 aromatic carbocycles. The molecule has 146 valence electrons. The highest BCUT2D eigenvalue weighted by Crippen LogP contribution is 2.30. The fourth-order valence-corrected chi connectivity index (χ4v) is 3.90. The second-order valence-electron chi connectivity index (χ2n) is 6.39. The summed E-state index contributed by atoms with van der Waals surface area (Å²) in [6.45, 7) is 0. The van der Waals surface area contributed by atoms with Crippen LogP contribution in [0.4, 0.5) is 5.69 Å². The second-order valence-corrected chi connectivity index (χ2v) is 7.66. The minimum atomic E-state index is -0.138. The maximum absolute atomic E-state index is 12.5. The number of pyridine rings is 1. The first-order valence-corrected chi connectivity index (χ1v) is 10.5. The Morgan fingerprint density at radius 2 is 1.90 bits per heavy atom. The molecule has 0 spiro atoms. The van der Waals surface area contributed by atoms with Crippen molar-refractivity contribution < 1.29 is 4.79 Å². The quantitative estimate of drug-likeness (QED) is 0.439. The normalized spacial score (nSPS) is 10.2. The minimum Gasteiger partial charge on any atom is -0.326 e. The summed E-state index contributed by atoms with van der Waals surface area (Å²) in [5.41, 5.74) is 3.76. The van der Waals surface area contributed by atoms with Crippen LogP contribution in [0.15, 0.2) is 78.3 Å². The van der Waals surface area contributed by atoms with Gasteiger partial charge in [0.05, 0.1) is 17.1 Å². The number of benzene rings is 2. The number of nitrogens with one attached hydrogen (secondary N) is 1. The van der Waals surface area contributed by atoms with Gasteiger partial charge in [-0.3, -0.25) is 4.79 Å². The van der Waals surface area contributed by atoms with Gasteiger partial charge in [-0.05, 0) is 42.3 Å². The van der Waals surface area contributed by atoms with E-state index in [0.29, 0.717) is 22.1 Å². The predicted molar refractivity (Wildman–Crippen MR) is 122 cm³/mol. The van der Waals surface area contributed by atoms with Gasteiger partial charge < -0.3 is 5.32 Å². The van der Waals surface area contributed by atoms with Gasteiger partial charge in [-0.25, -0.2) is 9.97 Å². The number of halogens is 1. The third kappa shape index (κ3) is 5.12. The van der Waals surface area contributed by atoms with Crippen molar-refractivity contribution in [3.63, 3.8) is 0 Å². The van der Waals surface area contributed by atoms with Gasteiger partial charge in [-0.15, -0.1) is 11.3 Å². The lowest BCUT2D eigenvalue weighted by atomic mass is 10.2. The van der Waals surface area contributed by atoms with Gasteiger partial charge in [0.1, 0.15) is 10.7 Å². The standard InChI is InChI=1S/C24H16ClN3OS/c25-22-10-2-1-9-21(22)24-28-20(16-30-24)15-23(29)27-19-8-5-6-17(14-19)11-12-18-7-3-4-13-26-18/h1-10,13-14,16H,15H2,(H,27,29). The van der Waals surface area contributed by atoms with Crippen molar-refractivity contribution in [3.05, 3.63) is 100 Å². The van der Waals surface area contributed by atoms with Gasteiger partial charge >= 0.3 is 0 Å². The molecule has 6 heteroatoms. The number of hydrogen-bond acceptors (Lipinski definition) is 4. The van der Waals surface area contributed by atoms with E-state index in [0.717, 1.165) is 16.1 Å². The van der Waals surface area contributed by atoms with E-state index in [1.165, 1.54) is 11.3 Å². The van der Waals surface area contributed by atoms with Crippen LogP contribution in [0, 0.1) is 11.8 Å². The summed E-state index contributed by atoms with van der Waals surface area (Å²) < 4.78 is 0. The molecular weight excluding hydrogens is 414 g/mol. The summed E-state index contributed by atoms with van der Waals surface area (Å²) in [6.07, 6.45) is 1.89. The Balaban J connectivity index is 1.41. The Bertz CT molecular complexity index is 1240. The molecular formula is C24H16ClN3OS. The third-order valence-corrected chi connectivity index (χ3v) is 5.40. The van der Waals surface area contributed by atoms with E-state index < -0.39 is 0 Å².